The van der Waals surface area contributed by atoms with Gasteiger partial charge in [-0.05, 0) is 36.5 Å². The first kappa shape index (κ1) is 20.4. The van der Waals surface area contributed by atoms with Crippen molar-refractivity contribution in [2.75, 3.05) is 5.32 Å². The van der Waals surface area contributed by atoms with Gasteiger partial charge in [-0.1, -0.05) is 77.8 Å². The van der Waals surface area contributed by atoms with Crippen LogP contribution in [0.25, 0.3) is 0 Å². The topological polar surface area (TPSA) is 37.8 Å². The van der Waals surface area contributed by atoms with Crippen LogP contribution in [0.4, 0.5) is 11.5 Å². The van der Waals surface area contributed by atoms with Gasteiger partial charge < -0.3 is 5.32 Å². The molecule has 0 unspecified atom stereocenters. The first-order valence-corrected chi connectivity index (χ1v) is 10.2. The van der Waals surface area contributed by atoms with E-state index in [1.165, 1.54) is 56.9 Å². The Kier molecular flexibility index (Phi) is 8.08. The number of rotatable bonds is 11. The molecule has 2 aromatic rings. The fourth-order valence-electron chi connectivity index (χ4n) is 3.34. The third-order valence-corrected chi connectivity index (χ3v) is 5.22. The SMILES string of the molecule is CCCCCCCCCC(C)(C)c1ccc(Nc2nccnc2C)cc1. The second-order valence-corrected chi connectivity index (χ2v) is 7.95. The quantitative estimate of drug-likeness (QED) is 0.444. The summed E-state index contributed by atoms with van der Waals surface area (Å²) in [6, 6.07) is 8.79. The van der Waals surface area contributed by atoms with E-state index < -0.39 is 0 Å². The lowest BCUT2D eigenvalue weighted by Gasteiger charge is -2.25. The zero-order chi connectivity index (χ0) is 18.8. The van der Waals surface area contributed by atoms with Crippen LogP contribution in [0.3, 0.4) is 0 Å². The standard InChI is InChI=1S/C23H35N3/c1-5-6-7-8-9-10-11-16-23(3,4)20-12-14-21(15-13-20)26-22-19(2)24-17-18-25-22/h12-15,17-18H,5-11,16H2,1-4H3,(H,25,26). The maximum absolute atomic E-state index is 4.35. The van der Waals surface area contributed by atoms with Crippen LogP contribution < -0.4 is 5.32 Å². The summed E-state index contributed by atoms with van der Waals surface area (Å²) in [4.78, 5) is 8.62. The normalized spacial score (nSPS) is 11.5. The Morgan fingerprint density at radius 2 is 1.46 bits per heavy atom. The van der Waals surface area contributed by atoms with Crippen LogP contribution in [-0.4, -0.2) is 9.97 Å². The molecule has 0 aliphatic heterocycles. The highest BCUT2D eigenvalue weighted by atomic mass is 15.0. The van der Waals surface area contributed by atoms with E-state index in [4.69, 9.17) is 0 Å². The number of aromatic nitrogens is 2. The first-order chi connectivity index (χ1) is 12.5. The van der Waals surface area contributed by atoms with E-state index in [0.717, 1.165) is 17.2 Å². The molecule has 1 N–H and O–H groups in total. The third-order valence-electron chi connectivity index (χ3n) is 5.22. The maximum Gasteiger partial charge on any atom is 0.151 e. The molecule has 0 fully saturated rings. The molecular formula is C23H35N3. The fraction of sp³-hybridized carbons (Fsp3) is 0.565. The molecule has 0 amide bonds. The van der Waals surface area contributed by atoms with Gasteiger partial charge in [-0.2, -0.15) is 0 Å². The number of nitrogens with one attached hydrogen (secondary N) is 1. The van der Waals surface area contributed by atoms with E-state index in [2.05, 4.69) is 60.3 Å². The summed E-state index contributed by atoms with van der Waals surface area (Å²) in [6.45, 7) is 8.96. The number of unbranched alkanes of at least 4 members (excludes halogenated alkanes) is 6. The Bertz CT molecular complexity index is 647. The maximum atomic E-state index is 4.35. The molecular weight excluding hydrogens is 318 g/mol. The van der Waals surface area contributed by atoms with Crippen LogP contribution in [0.2, 0.25) is 0 Å². The summed E-state index contributed by atoms with van der Waals surface area (Å²) in [5.74, 6) is 0.822. The highest BCUT2D eigenvalue weighted by molar-refractivity contribution is 5.58. The highest BCUT2D eigenvalue weighted by Crippen LogP contribution is 2.30. The number of nitrogens with zero attached hydrogens (tertiary/aromatic N) is 2. The van der Waals surface area contributed by atoms with Crippen molar-refractivity contribution in [3.8, 4) is 0 Å². The number of hydrogen-bond acceptors (Lipinski definition) is 3. The average molecular weight is 354 g/mol. The van der Waals surface area contributed by atoms with Crippen molar-refractivity contribution >= 4 is 11.5 Å². The highest BCUT2D eigenvalue weighted by Gasteiger charge is 2.19. The summed E-state index contributed by atoms with van der Waals surface area (Å²) in [6.07, 6.45) is 14.3. The van der Waals surface area contributed by atoms with Gasteiger partial charge in [-0.25, -0.2) is 4.98 Å². The van der Waals surface area contributed by atoms with Crippen molar-refractivity contribution in [1.29, 1.82) is 0 Å². The predicted molar refractivity (Wildman–Crippen MR) is 112 cm³/mol. The average Bonchev–Trinajstić information content (AvgIpc) is 2.63. The summed E-state index contributed by atoms with van der Waals surface area (Å²) < 4.78 is 0. The minimum Gasteiger partial charge on any atom is -0.339 e. The van der Waals surface area contributed by atoms with Crippen LogP contribution in [0.15, 0.2) is 36.7 Å². The smallest absolute Gasteiger partial charge is 0.151 e. The van der Waals surface area contributed by atoms with Crippen LogP contribution in [0, 0.1) is 6.92 Å². The number of anilines is 2. The Hall–Kier alpha value is -1.90. The molecule has 0 atom stereocenters. The molecule has 26 heavy (non-hydrogen) atoms. The molecule has 1 aromatic heterocycles. The van der Waals surface area contributed by atoms with Crippen molar-refractivity contribution in [3.05, 3.63) is 47.9 Å². The first-order valence-electron chi connectivity index (χ1n) is 10.2. The van der Waals surface area contributed by atoms with Crippen molar-refractivity contribution in [2.24, 2.45) is 0 Å². The molecule has 1 heterocycles. The van der Waals surface area contributed by atoms with Crippen molar-refractivity contribution in [3.63, 3.8) is 0 Å². The zero-order valence-electron chi connectivity index (χ0n) is 17.0. The predicted octanol–water partition coefficient (Wildman–Crippen LogP) is 6.95. The van der Waals surface area contributed by atoms with Gasteiger partial charge in [-0.3, -0.25) is 4.98 Å². The van der Waals surface area contributed by atoms with E-state index in [1.54, 1.807) is 12.4 Å². The molecule has 0 saturated heterocycles. The molecule has 1 aromatic carbocycles. The molecule has 3 nitrogen and oxygen atoms in total. The van der Waals surface area contributed by atoms with Gasteiger partial charge in [0.25, 0.3) is 0 Å². The molecule has 0 radical (unpaired) electrons. The van der Waals surface area contributed by atoms with Gasteiger partial charge in [0.1, 0.15) is 0 Å². The Morgan fingerprint density at radius 3 is 2.12 bits per heavy atom. The van der Waals surface area contributed by atoms with E-state index in [-0.39, 0.29) is 5.41 Å². The van der Waals surface area contributed by atoms with Crippen LogP contribution in [0.1, 0.15) is 83.4 Å². The molecule has 0 aliphatic rings. The Labute approximate surface area is 159 Å². The molecule has 0 saturated carbocycles. The molecule has 0 aliphatic carbocycles. The van der Waals surface area contributed by atoms with E-state index >= 15 is 0 Å². The van der Waals surface area contributed by atoms with Gasteiger partial charge in [0.2, 0.25) is 0 Å². The summed E-state index contributed by atoms with van der Waals surface area (Å²) in [7, 11) is 0. The Balaban J connectivity index is 1.83. The van der Waals surface area contributed by atoms with E-state index in [9.17, 15) is 0 Å². The Morgan fingerprint density at radius 1 is 0.846 bits per heavy atom. The van der Waals surface area contributed by atoms with Crippen LogP contribution in [-0.2, 0) is 5.41 Å². The molecule has 3 heteroatoms. The monoisotopic (exact) mass is 353 g/mol. The van der Waals surface area contributed by atoms with Crippen molar-refractivity contribution in [2.45, 2.75) is 84.5 Å². The van der Waals surface area contributed by atoms with Gasteiger partial charge in [0.05, 0.1) is 5.69 Å². The lowest BCUT2D eigenvalue weighted by atomic mass is 9.80. The second-order valence-electron chi connectivity index (χ2n) is 7.95. The van der Waals surface area contributed by atoms with Crippen LogP contribution in [0.5, 0.6) is 0 Å². The number of benzene rings is 1. The number of aryl methyl sites for hydroxylation is 1. The zero-order valence-corrected chi connectivity index (χ0v) is 17.0. The lowest BCUT2D eigenvalue weighted by molar-refractivity contribution is 0.442. The minimum atomic E-state index is 0.227. The van der Waals surface area contributed by atoms with Crippen molar-refractivity contribution in [1.82, 2.24) is 9.97 Å². The largest absolute Gasteiger partial charge is 0.339 e. The molecule has 142 valence electrons. The number of hydrogen-bond donors (Lipinski definition) is 1. The lowest BCUT2D eigenvalue weighted by Crippen LogP contribution is -2.16. The summed E-state index contributed by atoms with van der Waals surface area (Å²) in [5, 5.41) is 3.35. The van der Waals surface area contributed by atoms with Gasteiger partial charge in [-0.15, -0.1) is 0 Å². The molecule has 0 spiro atoms. The molecule has 2 rings (SSSR count). The third kappa shape index (κ3) is 6.44. The summed E-state index contributed by atoms with van der Waals surface area (Å²) in [5.41, 5.74) is 3.61. The van der Waals surface area contributed by atoms with Gasteiger partial charge in [0, 0.05) is 18.1 Å². The second kappa shape index (κ2) is 10.3. The van der Waals surface area contributed by atoms with Gasteiger partial charge >= 0.3 is 0 Å². The van der Waals surface area contributed by atoms with Crippen molar-refractivity contribution < 1.29 is 0 Å². The van der Waals surface area contributed by atoms with Gasteiger partial charge in [0.15, 0.2) is 5.82 Å². The van der Waals surface area contributed by atoms with Crippen LogP contribution >= 0.6 is 0 Å². The molecule has 0 bridgehead atoms. The summed E-state index contributed by atoms with van der Waals surface area (Å²) >= 11 is 0. The fourth-order valence-corrected chi connectivity index (χ4v) is 3.34. The van der Waals surface area contributed by atoms with E-state index in [0.29, 0.717) is 0 Å². The van der Waals surface area contributed by atoms with E-state index in [1.807, 2.05) is 6.92 Å². The minimum absolute atomic E-state index is 0.227.